The first-order chi connectivity index (χ1) is 10.1. The van der Waals surface area contributed by atoms with E-state index in [0.29, 0.717) is 0 Å². The molecule has 114 valence electrons. The van der Waals surface area contributed by atoms with Gasteiger partial charge in [0.15, 0.2) is 0 Å². The Hall–Kier alpha value is -1.55. The fourth-order valence-electron chi connectivity index (χ4n) is 3.95. The van der Waals surface area contributed by atoms with Crippen molar-refractivity contribution in [1.29, 1.82) is 0 Å². The molecule has 0 spiro atoms. The van der Waals surface area contributed by atoms with E-state index < -0.39 is 5.97 Å². The van der Waals surface area contributed by atoms with Crippen LogP contribution in [0.2, 0.25) is 0 Å². The number of rotatable bonds is 4. The van der Waals surface area contributed by atoms with Crippen molar-refractivity contribution in [2.75, 3.05) is 20.2 Å². The molecule has 0 amide bonds. The van der Waals surface area contributed by atoms with E-state index >= 15 is 0 Å². The summed E-state index contributed by atoms with van der Waals surface area (Å²) in [6, 6.07) is 6.21. The van der Waals surface area contributed by atoms with E-state index in [0.717, 1.165) is 38.1 Å². The summed E-state index contributed by atoms with van der Waals surface area (Å²) in [6.45, 7) is 2.07. The third-order valence-electron chi connectivity index (χ3n) is 5.05. The van der Waals surface area contributed by atoms with Crippen LogP contribution >= 0.6 is 0 Å². The van der Waals surface area contributed by atoms with Gasteiger partial charge in [0.25, 0.3) is 0 Å². The van der Waals surface area contributed by atoms with Gasteiger partial charge in [-0.1, -0.05) is 6.07 Å². The highest BCUT2D eigenvalue weighted by molar-refractivity contribution is 5.68. The molecule has 1 aromatic rings. The number of nitrogens with zero attached hydrogens (tertiary/aromatic N) is 1. The van der Waals surface area contributed by atoms with Gasteiger partial charge in [0, 0.05) is 5.54 Å². The molecule has 1 unspecified atom stereocenters. The number of likely N-dealkylation sites (tertiary alicyclic amines) is 1. The number of carbonyl (C=O) groups is 1. The minimum Gasteiger partial charge on any atom is -0.497 e. The second-order valence-corrected chi connectivity index (χ2v) is 6.30. The van der Waals surface area contributed by atoms with Crippen LogP contribution in [0.3, 0.4) is 0 Å². The Labute approximate surface area is 125 Å². The number of aryl methyl sites for hydroxylation is 1. The number of hydrogen-bond donors (Lipinski definition) is 1. The Morgan fingerprint density at radius 1 is 1.33 bits per heavy atom. The fourth-order valence-corrected chi connectivity index (χ4v) is 3.95. The molecule has 4 nitrogen and oxygen atoms in total. The van der Waals surface area contributed by atoms with Crippen LogP contribution in [0.5, 0.6) is 5.75 Å². The van der Waals surface area contributed by atoms with Crippen molar-refractivity contribution in [1.82, 2.24) is 4.90 Å². The number of carboxylic acid groups (broad SMARTS) is 1. The van der Waals surface area contributed by atoms with Crippen molar-refractivity contribution in [3.63, 3.8) is 0 Å². The average molecular weight is 289 g/mol. The predicted molar refractivity (Wildman–Crippen MR) is 80.8 cm³/mol. The molecule has 0 bridgehead atoms. The maximum Gasteiger partial charge on any atom is 0.305 e. The molecule has 1 heterocycles. The third-order valence-corrected chi connectivity index (χ3v) is 5.05. The fraction of sp³-hybridized carbons (Fsp3) is 0.588. The van der Waals surface area contributed by atoms with E-state index in [2.05, 4.69) is 17.0 Å². The zero-order valence-corrected chi connectivity index (χ0v) is 12.6. The van der Waals surface area contributed by atoms with E-state index in [1.165, 1.54) is 24.0 Å². The molecular formula is C17H23NO3. The number of aliphatic carboxylic acids is 1. The van der Waals surface area contributed by atoms with E-state index in [1.54, 1.807) is 7.11 Å². The van der Waals surface area contributed by atoms with Crippen molar-refractivity contribution >= 4 is 5.97 Å². The first kappa shape index (κ1) is 14.4. The van der Waals surface area contributed by atoms with Crippen molar-refractivity contribution < 1.29 is 14.6 Å². The maximum atomic E-state index is 11.4. The largest absolute Gasteiger partial charge is 0.497 e. The first-order valence-electron chi connectivity index (χ1n) is 7.76. The molecule has 21 heavy (non-hydrogen) atoms. The number of benzene rings is 1. The molecule has 4 heteroatoms. The SMILES string of the molecule is COc1ccc2c(c1)CC(CC(=O)O)(N1CCCC1)CC2. The first-order valence-corrected chi connectivity index (χ1v) is 7.76. The van der Waals surface area contributed by atoms with Crippen LogP contribution in [0.4, 0.5) is 0 Å². The molecule has 1 aromatic carbocycles. The summed E-state index contributed by atoms with van der Waals surface area (Å²) in [6.07, 6.45) is 5.34. The van der Waals surface area contributed by atoms with Crippen LogP contribution in [-0.2, 0) is 17.6 Å². The van der Waals surface area contributed by atoms with Crippen LogP contribution < -0.4 is 4.74 Å². The number of fused-ring (bicyclic) bond motifs is 1. The van der Waals surface area contributed by atoms with Crippen LogP contribution in [0.15, 0.2) is 18.2 Å². The van der Waals surface area contributed by atoms with Gasteiger partial charge in [-0.3, -0.25) is 9.69 Å². The molecule has 2 aliphatic rings. The van der Waals surface area contributed by atoms with E-state index in [9.17, 15) is 9.90 Å². The van der Waals surface area contributed by atoms with Gasteiger partial charge in [0.1, 0.15) is 5.75 Å². The lowest BCUT2D eigenvalue weighted by Crippen LogP contribution is -2.52. The molecule has 1 fully saturated rings. The highest BCUT2D eigenvalue weighted by Crippen LogP contribution is 2.39. The average Bonchev–Trinajstić information content (AvgIpc) is 3.00. The second-order valence-electron chi connectivity index (χ2n) is 6.30. The Balaban J connectivity index is 1.92. The van der Waals surface area contributed by atoms with E-state index in [1.807, 2.05) is 6.07 Å². The molecule has 1 aliphatic carbocycles. The van der Waals surface area contributed by atoms with E-state index in [-0.39, 0.29) is 12.0 Å². The summed E-state index contributed by atoms with van der Waals surface area (Å²) >= 11 is 0. The lowest BCUT2D eigenvalue weighted by atomic mass is 9.75. The second kappa shape index (κ2) is 5.68. The lowest BCUT2D eigenvalue weighted by Gasteiger charge is -2.44. The highest BCUT2D eigenvalue weighted by atomic mass is 16.5. The Bertz CT molecular complexity index is 537. The van der Waals surface area contributed by atoms with Gasteiger partial charge in [-0.15, -0.1) is 0 Å². The smallest absolute Gasteiger partial charge is 0.305 e. The maximum absolute atomic E-state index is 11.4. The van der Waals surface area contributed by atoms with Gasteiger partial charge in [0.2, 0.25) is 0 Å². The zero-order chi connectivity index (χ0) is 14.9. The summed E-state index contributed by atoms with van der Waals surface area (Å²) in [5, 5.41) is 9.39. The van der Waals surface area contributed by atoms with Gasteiger partial charge >= 0.3 is 5.97 Å². The van der Waals surface area contributed by atoms with Crippen LogP contribution in [0, 0.1) is 0 Å². The summed E-state index contributed by atoms with van der Waals surface area (Å²) < 4.78 is 5.33. The molecule has 3 rings (SSSR count). The normalized spacial score (nSPS) is 25.6. The topological polar surface area (TPSA) is 49.8 Å². The van der Waals surface area contributed by atoms with Crippen molar-refractivity contribution in [2.24, 2.45) is 0 Å². The van der Waals surface area contributed by atoms with Crippen molar-refractivity contribution in [3.05, 3.63) is 29.3 Å². The Morgan fingerprint density at radius 2 is 2.10 bits per heavy atom. The predicted octanol–water partition coefficient (Wildman–Crippen LogP) is 2.49. The Kier molecular flexibility index (Phi) is 3.89. The van der Waals surface area contributed by atoms with Gasteiger partial charge in [-0.05, 0) is 68.5 Å². The molecule has 0 radical (unpaired) electrons. The van der Waals surface area contributed by atoms with Crippen molar-refractivity contribution in [3.8, 4) is 5.75 Å². The van der Waals surface area contributed by atoms with Crippen molar-refractivity contribution in [2.45, 2.75) is 44.1 Å². The lowest BCUT2D eigenvalue weighted by molar-refractivity contribution is -0.140. The highest BCUT2D eigenvalue weighted by Gasteiger charge is 2.42. The molecular weight excluding hydrogens is 266 g/mol. The van der Waals surface area contributed by atoms with Gasteiger partial charge < -0.3 is 9.84 Å². The Morgan fingerprint density at radius 3 is 2.76 bits per heavy atom. The van der Waals surface area contributed by atoms with Crippen LogP contribution in [0.25, 0.3) is 0 Å². The van der Waals surface area contributed by atoms with Crippen LogP contribution in [-0.4, -0.2) is 41.7 Å². The molecule has 1 aliphatic heterocycles. The molecule has 1 saturated heterocycles. The van der Waals surface area contributed by atoms with E-state index in [4.69, 9.17) is 4.74 Å². The third kappa shape index (κ3) is 2.77. The number of hydrogen-bond acceptors (Lipinski definition) is 3. The molecule has 1 N–H and O–H groups in total. The summed E-state index contributed by atoms with van der Waals surface area (Å²) in [4.78, 5) is 13.8. The monoisotopic (exact) mass is 289 g/mol. The number of ether oxygens (including phenoxy) is 1. The minimum absolute atomic E-state index is 0.207. The summed E-state index contributed by atoms with van der Waals surface area (Å²) in [7, 11) is 1.68. The zero-order valence-electron chi connectivity index (χ0n) is 12.6. The van der Waals surface area contributed by atoms with Crippen LogP contribution in [0.1, 0.15) is 36.8 Å². The number of methoxy groups -OCH3 is 1. The standard InChI is InChI=1S/C17H23NO3/c1-21-15-5-4-13-6-7-17(12-16(19)20,11-14(13)10-15)18-8-2-3-9-18/h4-5,10H,2-3,6-9,11-12H2,1H3,(H,19,20). The minimum atomic E-state index is -0.687. The summed E-state index contributed by atoms with van der Waals surface area (Å²) in [5.74, 6) is 0.176. The van der Waals surface area contributed by atoms with Gasteiger partial charge in [0.05, 0.1) is 13.5 Å². The summed E-state index contributed by atoms with van der Waals surface area (Å²) in [5.41, 5.74) is 2.39. The van der Waals surface area contributed by atoms with Gasteiger partial charge in [-0.2, -0.15) is 0 Å². The number of carboxylic acids is 1. The van der Waals surface area contributed by atoms with Gasteiger partial charge in [-0.25, -0.2) is 0 Å². The molecule has 1 atom stereocenters. The quantitative estimate of drug-likeness (QED) is 0.925. The molecule has 0 aromatic heterocycles. The molecule has 0 saturated carbocycles.